The molecule has 2 heterocycles. The van der Waals surface area contributed by atoms with E-state index in [1.165, 1.54) is 5.56 Å². The van der Waals surface area contributed by atoms with E-state index >= 15 is 0 Å². The number of carbonyl (C=O) groups excluding carboxylic acids is 2. The van der Waals surface area contributed by atoms with Gasteiger partial charge in [-0.05, 0) is 50.1 Å². The van der Waals surface area contributed by atoms with Crippen molar-refractivity contribution in [3.05, 3.63) is 47.2 Å². The highest BCUT2D eigenvalue weighted by Gasteiger charge is 2.26. The zero-order valence-electron chi connectivity index (χ0n) is 16.4. The number of ether oxygens (including phenoxy) is 1. The van der Waals surface area contributed by atoms with E-state index in [0.29, 0.717) is 38.6 Å². The molecule has 2 amide bonds. The van der Waals surface area contributed by atoms with Gasteiger partial charge in [-0.25, -0.2) is 4.79 Å². The quantitative estimate of drug-likeness (QED) is 0.873. The van der Waals surface area contributed by atoms with Crippen LogP contribution in [0.2, 0.25) is 0 Å². The van der Waals surface area contributed by atoms with Gasteiger partial charge in [-0.15, -0.1) is 10.2 Å². The lowest BCUT2D eigenvalue weighted by atomic mass is 10.1. The van der Waals surface area contributed by atoms with E-state index in [0.717, 1.165) is 11.3 Å². The van der Waals surface area contributed by atoms with Crippen molar-refractivity contribution in [2.24, 2.45) is 0 Å². The van der Waals surface area contributed by atoms with E-state index in [1.54, 1.807) is 28.9 Å². The summed E-state index contributed by atoms with van der Waals surface area (Å²) < 4.78 is 4.99. The van der Waals surface area contributed by atoms with Crippen LogP contribution in [0.3, 0.4) is 0 Å². The summed E-state index contributed by atoms with van der Waals surface area (Å²) in [5.41, 5.74) is 3.58. The summed E-state index contributed by atoms with van der Waals surface area (Å²) in [6.45, 7) is 8.00. The molecule has 1 saturated heterocycles. The number of piperazine rings is 1. The number of carbonyl (C=O) groups is 2. The number of rotatable bonds is 4. The number of amides is 2. The van der Waals surface area contributed by atoms with Crippen LogP contribution in [0.4, 0.5) is 16.3 Å². The second kappa shape index (κ2) is 8.69. The van der Waals surface area contributed by atoms with Gasteiger partial charge in [-0.3, -0.25) is 4.79 Å². The Kier molecular flexibility index (Phi) is 6.08. The lowest BCUT2D eigenvalue weighted by Gasteiger charge is -2.33. The van der Waals surface area contributed by atoms with Crippen LogP contribution in [0.15, 0.2) is 30.3 Å². The zero-order chi connectivity index (χ0) is 20.1. The van der Waals surface area contributed by atoms with Gasteiger partial charge in [0.2, 0.25) is 0 Å². The normalized spacial score (nSPS) is 14.0. The minimum atomic E-state index is -0.337. The summed E-state index contributed by atoms with van der Waals surface area (Å²) in [5, 5.41) is 11.4. The first-order valence-electron chi connectivity index (χ1n) is 9.37. The smallest absolute Gasteiger partial charge is 0.409 e. The van der Waals surface area contributed by atoms with Crippen LogP contribution in [-0.2, 0) is 4.74 Å². The van der Waals surface area contributed by atoms with Gasteiger partial charge in [0.05, 0.1) is 6.61 Å². The highest BCUT2D eigenvalue weighted by molar-refractivity contribution is 5.92. The molecule has 1 fully saturated rings. The molecule has 0 aliphatic carbocycles. The standard InChI is InChI=1S/C20H25N5O3/c1-4-28-20(27)25-12-10-24(11-13-25)19(26)17-8-9-18(23-22-17)21-16-7-5-6-14(2)15(16)3/h5-9H,4,10-13H2,1-3H3,(H,21,23). The first-order valence-corrected chi connectivity index (χ1v) is 9.37. The molecule has 0 bridgehead atoms. The summed E-state index contributed by atoms with van der Waals surface area (Å²) in [4.78, 5) is 27.7. The first-order chi connectivity index (χ1) is 13.5. The fourth-order valence-electron chi connectivity index (χ4n) is 3.01. The maximum absolute atomic E-state index is 12.6. The molecule has 8 nitrogen and oxygen atoms in total. The number of aromatic nitrogens is 2. The molecule has 8 heteroatoms. The average Bonchev–Trinajstić information content (AvgIpc) is 2.72. The molecule has 1 N–H and O–H groups in total. The Morgan fingerprint density at radius 1 is 1.04 bits per heavy atom. The van der Waals surface area contributed by atoms with Gasteiger partial charge in [0.25, 0.3) is 5.91 Å². The van der Waals surface area contributed by atoms with Crippen molar-refractivity contribution in [2.75, 3.05) is 38.1 Å². The molecular formula is C20H25N5O3. The number of anilines is 2. The van der Waals surface area contributed by atoms with Crippen LogP contribution in [0.5, 0.6) is 0 Å². The predicted molar refractivity (Wildman–Crippen MR) is 106 cm³/mol. The van der Waals surface area contributed by atoms with E-state index in [2.05, 4.69) is 28.5 Å². The van der Waals surface area contributed by atoms with Gasteiger partial charge >= 0.3 is 6.09 Å². The molecule has 1 aliphatic rings. The Hall–Kier alpha value is -3.16. The summed E-state index contributed by atoms with van der Waals surface area (Å²) in [6, 6.07) is 9.42. The number of hydrogen-bond acceptors (Lipinski definition) is 6. The SMILES string of the molecule is CCOC(=O)N1CCN(C(=O)c2ccc(Nc3cccc(C)c3C)nn2)CC1. The van der Waals surface area contributed by atoms with Crippen LogP contribution < -0.4 is 5.32 Å². The lowest BCUT2D eigenvalue weighted by molar-refractivity contribution is 0.0565. The molecule has 0 unspecified atom stereocenters. The third-order valence-corrected chi connectivity index (χ3v) is 4.84. The minimum absolute atomic E-state index is 0.186. The molecule has 1 aromatic heterocycles. The van der Waals surface area contributed by atoms with Gasteiger partial charge in [0.15, 0.2) is 11.5 Å². The third kappa shape index (κ3) is 4.39. The van der Waals surface area contributed by atoms with Crippen molar-refractivity contribution in [2.45, 2.75) is 20.8 Å². The monoisotopic (exact) mass is 383 g/mol. The van der Waals surface area contributed by atoms with Gasteiger partial charge in [0, 0.05) is 31.9 Å². The molecule has 0 saturated carbocycles. The summed E-state index contributed by atoms with van der Waals surface area (Å²) in [7, 11) is 0. The van der Waals surface area contributed by atoms with Crippen LogP contribution >= 0.6 is 0 Å². The highest BCUT2D eigenvalue weighted by Crippen LogP contribution is 2.21. The maximum Gasteiger partial charge on any atom is 0.409 e. The van der Waals surface area contributed by atoms with E-state index in [1.807, 2.05) is 19.1 Å². The van der Waals surface area contributed by atoms with Crippen LogP contribution in [0, 0.1) is 13.8 Å². The Morgan fingerprint density at radius 2 is 1.75 bits per heavy atom. The minimum Gasteiger partial charge on any atom is -0.450 e. The fourth-order valence-corrected chi connectivity index (χ4v) is 3.01. The van der Waals surface area contributed by atoms with Crippen LogP contribution in [0.1, 0.15) is 28.5 Å². The lowest BCUT2D eigenvalue weighted by Crippen LogP contribution is -2.50. The largest absolute Gasteiger partial charge is 0.450 e. The molecule has 3 rings (SSSR count). The van der Waals surface area contributed by atoms with Crippen LogP contribution in [-0.4, -0.2) is 64.8 Å². The van der Waals surface area contributed by atoms with Crippen molar-refractivity contribution < 1.29 is 14.3 Å². The number of nitrogens with one attached hydrogen (secondary N) is 1. The van der Waals surface area contributed by atoms with Gasteiger partial charge in [-0.1, -0.05) is 12.1 Å². The van der Waals surface area contributed by atoms with Gasteiger partial charge < -0.3 is 19.9 Å². The molecule has 0 radical (unpaired) electrons. The summed E-state index contributed by atoms with van der Waals surface area (Å²) >= 11 is 0. The molecular weight excluding hydrogens is 358 g/mol. The second-order valence-corrected chi connectivity index (χ2v) is 6.65. The summed E-state index contributed by atoms with van der Waals surface area (Å²) in [5.74, 6) is 0.395. The Labute approximate surface area is 164 Å². The van der Waals surface area contributed by atoms with Crippen LogP contribution in [0.25, 0.3) is 0 Å². The Balaban J connectivity index is 1.60. The second-order valence-electron chi connectivity index (χ2n) is 6.65. The molecule has 1 aliphatic heterocycles. The number of benzene rings is 1. The molecule has 28 heavy (non-hydrogen) atoms. The van der Waals surface area contributed by atoms with Crippen molar-refractivity contribution in [1.82, 2.24) is 20.0 Å². The van der Waals surface area contributed by atoms with Crippen molar-refractivity contribution >= 4 is 23.5 Å². The molecule has 2 aromatic rings. The van der Waals surface area contributed by atoms with Crippen molar-refractivity contribution in [1.29, 1.82) is 0 Å². The van der Waals surface area contributed by atoms with Crippen molar-refractivity contribution in [3.8, 4) is 0 Å². The topological polar surface area (TPSA) is 87.7 Å². The zero-order valence-corrected chi connectivity index (χ0v) is 16.4. The third-order valence-electron chi connectivity index (χ3n) is 4.84. The summed E-state index contributed by atoms with van der Waals surface area (Å²) in [6.07, 6.45) is -0.337. The van der Waals surface area contributed by atoms with E-state index in [-0.39, 0.29) is 17.7 Å². The van der Waals surface area contributed by atoms with E-state index in [4.69, 9.17) is 4.74 Å². The molecule has 0 atom stereocenters. The van der Waals surface area contributed by atoms with Crippen molar-refractivity contribution in [3.63, 3.8) is 0 Å². The molecule has 0 spiro atoms. The predicted octanol–water partition coefficient (Wildman–Crippen LogP) is 2.75. The maximum atomic E-state index is 12.6. The Bertz CT molecular complexity index is 845. The van der Waals surface area contributed by atoms with Gasteiger partial charge in [0.1, 0.15) is 0 Å². The number of hydrogen-bond donors (Lipinski definition) is 1. The fraction of sp³-hybridized carbons (Fsp3) is 0.400. The number of aryl methyl sites for hydroxylation is 1. The van der Waals surface area contributed by atoms with E-state index in [9.17, 15) is 9.59 Å². The van der Waals surface area contributed by atoms with E-state index < -0.39 is 0 Å². The first kappa shape index (κ1) is 19.6. The average molecular weight is 383 g/mol. The highest BCUT2D eigenvalue weighted by atomic mass is 16.6. The number of nitrogens with zero attached hydrogens (tertiary/aromatic N) is 4. The Morgan fingerprint density at radius 3 is 2.39 bits per heavy atom. The van der Waals surface area contributed by atoms with Gasteiger partial charge in [-0.2, -0.15) is 0 Å². The molecule has 148 valence electrons. The molecule has 1 aromatic carbocycles.